The zero-order valence-corrected chi connectivity index (χ0v) is 10.9. The summed E-state index contributed by atoms with van der Waals surface area (Å²) in [5.41, 5.74) is 0. The van der Waals surface area contributed by atoms with Gasteiger partial charge in [-0.25, -0.2) is 0 Å². The third kappa shape index (κ3) is 5.94. The van der Waals surface area contributed by atoms with Crippen molar-refractivity contribution >= 4 is 5.96 Å². The number of ether oxygens (including phenoxy) is 1. The Morgan fingerprint density at radius 2 is 2.11 bits per heavy atom. The number of aliphatic imine (C=N–C) groups is 1. The first-order chi connectivity index (χ1) is 8.86. The number of hydrogen-bond donors (Lipinski definition) is 2. The van der Waals surface area contributed by atoms with Crippen molar-refractivity contribution in [1.29, 1.82) is 0 Å². The minimum absolute atomic E-state index is 0.690. The highest BCUT2D eigenvalue weighted by molar-refractivity contribution is 5.79. The fourth-order valence-corrected chi connectivity index (χ4v) is 1.38. The number of benzene rings is 1. The van der Waals surface area contributed by atoms with Gasteiger partial charge in [-0.3, -0.25) is 4.99 Å². The van der Waals surface area contributed by atoms with Crippen molar-refractivity contribution in [2.24, 2.45) is 4.99 Å². The van der Waals surface area contributed by atoms with E-state index in [2.05, 4.69) is 22.2 Å². The van der Waals surface area contributed by atoms with E-state index < -0.39 is 0 Å². The number of rotatable bonds is 7. The number of para-hydroxylation sites is 1. The fraction of sp³-hybridized carbons (Fsp3) is 0.357. The molecule has 4 heteroatoms. The van der Waals surface area contributed by atoms with E-state index in [1.807, 2.05) is 30.3 Å². The minimum Gasteiger partial charge on any atom is -0.494 e. The second kappa shape index (κ2) is 9.10. The third-order valence-electron chi connectivity index (χ3n) is 2.26. The normalized spacial score (nSPS) is 10.8. The summed E-state index contributed by atoms with van der Waals surface area (Å²) in [6.45, 7) is 5.87. The Bertz CT molecular complexity index is 363. The molecule has 0 bridgehead atoms. The molecule has 4 nitrogen and oxygen atoms in total. The van der Waals surface area contributed by atoms with Gasteiger partial charge in [0.2, 0.25) is 0 Å². The monoisotopic (exact) mass is 247 g/mol. The molecule has 0 amide bonds. The van der Waals surface area contributed by atoms with Gasteiger partial charge in [-0.05, 0) is 18.6 Å². The van der Waals surface area contributed by atoms with Crippen molar-refractivity contribution in [3.8, 4) is 5.75 Å². The minimum atomic E-state index is 0.690. The van der Waals surface area contributed by atoms with Gasteiger partial charge < -0.3 is 15.4 Å². The maximum absolute atomic E-state index is 5.59. The molecule has 98 valence electrons. The van der Waals surface area contributed by atoms with Crippen molar-refractivity contribution in [2.45, 2.75) is 6.42 Å². The number of guanidine groups is 1. The third-order valence-corrected chi connectivity index (χ3v) is 2.26. The Morgan fingerprint density at radius 1 is 1.33 bits per heavy atom. The van der Waals surface area contributed by atoms with E-state index in [0.29, 0.717) is 13.2 Å². The van der Waals surface area contributed by atoms with Crippen molar-refractivity contribution in [2.75, 3.05) is 26.7 Å². The van der Waals surface area contributed by atoms with E-state index in [1.54, 1.807) is 13.1 Å². The molecule has 0 atom stereocenters. The molecule has 1 aromatic rings. The molecule has 1 aromatic carbocycles. The van der Waals surface area contributed by atoms with Gasteiger partial charge in [0, 0.05) is 20.1 Å². The van der Waals surface area contributed by atoms with Crippen molar-refractivity contribution in [3.63, 3.8) is 0 Å². The quantitative estimate of drug-likeness (QED) is 0.334. The van der Waals surface area contributed by atoms with Crippen LogP contribution >= 0.6 is 0 Å². The van der Waals surface area contributed by atoms with Crippen LogP contribution in [0.5, 0.6) is 5.75 Å². The molecule has 0 radical (unpaired) electrons. The predicted octanol–water partition coefficient (Wildman–Crippen LogP) is 1.81. The van der Waals surface area contributed by atoms with Gasteiger partial charge in [-0.15, -0.1) is 6.58 Å². The first kappa shape index (κ1) is 14.1. The lowest BCUT2D eigenvalue weighted by molar-refractivity contribution is 0.311. The van der Waals surface area contributed by atoms with Gasteiger partial charge in [0.1, 0.15) is 5.75 Å². The van der Waals surface area contributed by atoms with E-state index >= 15 is 0 Å². The summed E-state index contributed by atoms with van der Waals surface area (Å²) in [4.78, 5) is 4.09. The number of nitrogens with zero attached hydrogens (tertiary/aromatic N) is 1. The van der Waals surface area contributed by atoms with Crippen LogP contribution in [0.1, 0.15) is 6.42 Å². The van der Waals surface area contributed by atoms with Crippen LogP contribution in [0.3, 0.4) is 0 Å². The van der Waals surface area contributed by atoms with Crippen LogP contribution in [0.25, 0.3) is 0 Å². The van der Waals surface area contributed by atoms with E-state index in [4.69, 9.17) is 4.74 Å². The van der Waals surface area contributed by atoms with Crippen LogP contribution in [-0.4, -0.2) is 32.7 Å². The first-order valence-corrected chi connectivity index (χ1v) is 6.10. The molecule has 0 unspecified atom stereocenters. The lowest BCUT2D eigenvalue weighted by Gasteiger charge is -2.10. The summed E-state index contributed by atoms with van der Waals surface area (Å²) < 4.78 is 5.59. The summed E-state index contributed by atoms with van der Waals surface area (Å²) in [6.07, 6.45) is 2.72. The molecule has 18 heavy (non-hydrogen) atoms. The average molecular weight is 247 g/mol. The van der Waals surface area contributed by atoms with Crippen molar-refractivity contribution in [3.05, 3.63) is 43.0 Å². The molecule has 0 aliphatic rings. The van der Waals surface area contributed by atoms with E-state index in [9.17, 15) is 0 Å². The summed E-state index contributed by atoms with van der Waals surface area (Å²) in [7, 11) is 1.75. The largest absolute Gasteiger partial charge is 0.494 e. The Kier molecular flexibility index (Phi) is 7.13. The highest BCUT2D eigenvalue weighted by Crippen LogP contribution is 2.07. The smallest absolute Gasteiger partial charge is 0.191 e. The summed E-state index contributed by atoms with van der Waals surface area (Å²) in [5.74, 6) is 1.70. The second-order valence-corrected chi connectivity index (χ2v) is 3.68. The van der Waals surface area contributed by atoms with Gasteiger partial charge in [0.25, 0.3) is 0 Å². The van der Waals surface area contributed by atoms with Gasteiger partial charge in [0.15, 0.2) is 5.96 Å². The number of nitrogens with one attached hydrogen (secondary N) is 2. The van der Waals surface area contributed by atoms with Crippen LogP contribution in [0.4, 0.5) is 0 Å². The summed E-state index contributed by atoms with van der Waals surface area (Å²) in [6, 6.07) is 9.82. The van der Waals surface area contributed by atoms with Gasteiger partial charge >= 0.3 is 0 Å². The standard InChI is InChI=1S/C14H21N3O/c1-3-10-16-14(15-2)17-11-7-12-18-13-8-5-4-6-9-13/h3-6,8-9H,1,7,10-12H2,2H3,(H2,15,16,17). The van der Waals surface area contributed by atoms with Gasteiger partial charge in [-0.2, -0.15) is 0 Å². The fourth-order valence-electron chi connectivity index (χ4n) is 1.38. The lowest BCUT2D eigenvalue weighted by atomic mass is 10.3. The van der Waals surface area contributed by atoms with Gasteiger partial charge in [0.05, 0.1) is 6.61 Å². The molecular weight excluding hydrogens is 226 g/mol. The molecule has 1 rings (SSSR count). The molecule has 0 saturated carbocycles. The van der Waals surface area contributed by atoms with Crippen molar-refractivity contribution < 1.29 is 4.74 Å². The molecule has 0 aromatic heterocycles. The Balaban J connectivity index is 2.09. The van der Waals surface area contributed by atoms with E-state index in [-0.39, 0.29) is 0 Å². The maximum atomic E-state index is 5.59. The highest BCUT2D eigenvalue weighted by atomic mass is 16.5. The molecule has 2 N–H and O–H groups in total. The Labute approximate surface area is 109 Å². The van der Waals surface area contributed by atoms with Crippen LogP contribution in [0.15, 0.2) is 48.0 Å². The van der Waals surface area contributed by atoms with Crippen LogP contribution in [0.2, 0.25) is 0 Å². The molecule has 0 fully saturated rings. The second-order valence-electron chi connectivity index (χ2n) is 3.68. The number of hydrogen-bond acceptors (Lipinski definition) is 2. The van der Waals surface area contributed by atoms with E-state index in [1.165, 1.54) is 0 Å². The topological polar surface area (TPSA) is 45.7 Å². The molecule has 0 aliphatic heterocycles. The van der Waals surface area contributed by atoms with Crippen LogP contribution in [-0.2, 0) is 0 Å². The summed E-state index contributed by atoms with van der Waals surface area (Å²) in [5, 5.41) is 6.31. The van der Waals surface area contributed by atoms with Crippen LogP contribution in [0, 0.1) is 0 Å². The van der Waals surface area contributed by atoms with Crippen LogP contribution < -0.4 is 15.4 Å². The Hall–Kier alpha value is -1.97. The SMILES string of the molecule is C=CCNC(=NC)NCCCOc1ccccc1. The predicted molar refractivity (Wildman–Crippen MR) is 76.1 cm³/mol. The average Bonchev–Trinajstić information content (AvgIpc) is 2.43. The molecule has 0 aliphatic carbocycles. The lowest BCUT2D eigenvalue weighted by Crippen LogP contribution is -2.38. The maximum Gasteiger partial charge on any atom is 0.191 e. The molecule has 0 heterocycles. The highest BCUT2D eigenvalue weighted by Gasteiger charge is 1.95. The molecular formula is C14H21N3O. The van der Waals surface area contributed by atoms with E-state index in [0.717, 1.165) is 24.7 Å². The Morgan fingerprint density at radius 3 is 2.78 bits per heavy atom. The van der Waals surface area contributed by atoms with Crippen molar-refractivity contribution in [1.82, 2.24) is 10.6 Å². The zero-order valence-electron chi connectivity index (χ0n) is 10.9. The summed E-state index contributed by atoms with van der Waals surface area (Å²) >= 11 is 0. The first-order valence-electron chi connectivity index (χ1n) is 6.10. The molecule has 0 spiro atoms. The van der Waals surface area contributed by atoms with Gasteiger partial charge in [-0.1, -0.05) is 24.3 Å². The zero-order chi connectivity index (χ0) is 13.1. The molecule has 0 saturated heterocycles.